The molecule has 7 nitrogen and oxygen atoms in total. The van der Waals surface area contributed by atoms with Crippen LogP contribution < -0.4 is 14.8 Å². The maximum absolute atomic E-state index is 11.9. The molecule has 0 unspecified atom stereocenters. The van der Waals surface area contributed by atoms with E-state index in [1.54, 1.807) is 36.6 Å². The molecule has 25 heavy (non-hydrogen) atoms. The second-order valence-electron chi connectivity index (χ2n) is 4.87. The van der Waals surface area contributed by atoms with Gasteiger partial charge in [-0.3, -0.25) is 14.9 Å². The summed E-state index contributed by atoms with van der Waals surface area (Å²) in [5.41, 5.74) is 0.561. The first kappa shape index (κ1) is 18.7. The van der Waals surface area contributed by atoms with Crippen molar-refractivity contribution in [2.75, 3.05) is 25.1 Å². The third-order valence-corrected chi connectivity index (χ3v) is 3.74. The molecule has 0 bridgehead atoms. The molecule has 0 aliphatic carbocycles. The molecule has 134 valence electrons. The van der Waals surface area contributed by atoms with Crippen molar-refractivity contribution in [3.05, 3.63) is 35.3 Å². The van der Waals surface area contributed by atoms with Crippen molar-refractivity contribution >= 4 is 28.3 Å². The van der Waals surface area contributed by atoms with Crippen LogP contribution in [0.2, 0.25) is 0 Å². The van der Waals surface area contributed by atoms with Gasteiger partial charge in [0.05, 0.1) is 25.3 Å². The van der Waals surface area contributed by atoms with E-state index >= 15 is 0 Å². The molecular weight excluding hydrogens is 344 g/mol. The molecule has 1 N–H and O–H groups in total. The Bertz CT molecular complexity index is 699. The van der Waals surface area contributed by atoms with E-state index < -0.39 is 0 Å². The number of carbonyl (C=O) groups is 2. The maximum Gasteiger partial charge on any atom is 0.311 e. The number of rotatable bonds is 9. The van der Waals surface area contributed by atoms with Crippen molar-refractivity contribution < 1.29 is 23.8 Å². The number of thiazole rings is 1. The lowest BCUT2D eigenvalue weighted by Crippen LogP contribution is -2.20. The number of hydrogen-bond donors (Lipinski definition) is 1. The van der Waals surface area contributed by atoms with Crippen LogP contribution in [0.25, 0.3) is 0 Å². The van der Waals surface area contributed by atoms with Crippen LogP contribution in [0.1, 0.15) is 19.5 Å². The Balaban J connectivity index is 1.78. The summed E-state index contributed by atoms with van der Waals surface area (Å²) in [6, 6.07) is 7.02. The molecule has 8 heteroatoms. The van der Waals surface area contributed by atoms with Crippen molar-refractivity contribution in [1.29, 1.82) is 0 Å². The Labute approximate surface area is 149 Å². The van der Waals surface area contributed by atoms with Crippen LogP contribution in [0.3, 0.4) is 0 Å². The second-order valence-corrected chi connectivity index (χ2v) is 5.73. The Morgan fingerprint density at radius 1 is 1.08 bits per heavy atom. The molecule has 0 spiro atoms. The average molecular weight is 364 g/mol. The van der Waals surface area contributed by atoms with Gasteiger partial charge in [-0.2, -0.15) is 0 Å². The van der Waals surface area contributed by atoms with Gasteiger partial charge in [-0.15, -0.1) is 11.3 Å². The van der Waals surface area contributed by atoms with Gasteiger partial charge in [0.15, 0.2) is 11.7 Å². The van der Waals surface area contributed by atoms with Gasteiger partial charge in [-0.05, 0) is 38.1 Å². The van der Waals surface area contributed by atoms with Crippen molar-refractivity contribution in [3.63, 3.8) is 0 Å². The van der Waals surface area contributed by atoms with E-state index in [0.29, 0.717) is 29.8 Å². The van der Waals surface area contributed by atoms with Crippen LogP contribution in [0, 0.1) is 0 Å². The van der Waals surface area contributed by atoms with Gasteiger partial charge in [0.2, 0.25) is 0 Å². The van der Waals surface area contributed by atoms with Crippen LogP contribution >= 0.6 is 11.3 Å². The number of ether oxygens (including phenoxy) is 3. The number of nitrogens with zero attached hydrogens (tertiary/aromatic N) is 1. The molecule has 0 radical (unpaired) electrons. The van der Waals surface area contributed by atoms with E-state index in [4.69, 9.17) is 14.2 Å². The summed E-state index contributed by atoms with van der Waals surface area (Å²) in [6.45, 7) is 4.44. The molecule has 1 heterocycles. The maximum atomic E-state index is 11.9. The first-order valence-electron chi connectivity index (χ1n) is 7.86. The van der Waals surface area contributed by atoms with Gasteiger partial charge < -0.3 is 14.2 Å². The highest BCUT2D eigenvalue weighted by atomic mass is 32.1. The van der Waals surface area contributed by atoms with Gasteiger partial charge in [-0.25, -0.2) is 4.98 Å². The first-order valence-corrected chi connectivity index (χ1v) is 8.74. The summed E-state index contributed by atoms with van der Waals surface area (Å²) in [4.78, 5) is 27.5. The monoisotopic (exact) mass is 364 g/mol. The topological polar surface area (TPSA) is 86.8 Å². The lowest BCUT2D eigenvalue weighted by Gasteiger charge is -2.07. The molecule has 0 saturated carbocycles. The van der Waals surface area contributed by atoms with Crippen molar-refractivity contribution in [1.82, 2.24) is 4.98 Å². The lowest BCUT2D eigenvalue weighted by atomic mass is 10.3. The SMILES string of the molecule is CCOC(=O)Cc1csc(NC(=O)COc2ccc(OCC)cc2)n1. The highest BCUT2D eigenvalue weighted by molar-refractivity contribution is 7.13. The fourth-order valence-corrected chi connectivity index (χ4v) is 2.63. The van der Waals surface area contributed by atoms with Crippen LogP contribution in [-0.4, -0.2) is 36.7 Å². The van der Waals surface area contributed by atoms with E-state index in [1.165, 1.54) is 11.3 Å². The van der Waals surface area contributed by atoms with E-state index in [1.807, 2.05) is 6.92 Å². The summed E-state index contributed by atoms with van der Waals surface area (Å²) < 4.78 is 15.6. The number of benzene rings is 1. The van der Waals surface area contributed by atoms with Gasteiger partial charge in [0.1, 0.15) is 11.5 Å². The molecule has 1 amide bonds. The number of anilines is 1. The predicted octanol–water partition coefficient (Wildman–Crippen LogP) is 2.66. The molecule has 0 atom stereocenters. The minimum absolute atomic E-state index is 0.0862. The molecule has 0 fully saturated rings. The van der Waals surface area contributed by atoms with E-state index in [9.17, 15) is 9.59 Å². The smallest absolute Gasteiger partial charge is 0.311 e. The van der Waals surface area contributed by atoms with Gasteiger partial charge >= 0.3 is 5.97 Å². The summed E-state index contributed by atoms with van der Waals surface area (Å²) in [7, 11) is 0. The van der Waals surface area contributed by atoms with Crippen LogP contribution in [0.15, 0.2) is 29.6 Å². The van der Waals surface area contributed by atoms with Gasteiger partial charge in [0.25, 0.3) is 5.91 Å². The molecular formula is C17H20N2O5S. The fourth-order valence-electron chi connectivity index (χ4n) is 1.91. The van der Waals surface area contributed by atoms with Crippen molar-refractivity contribution in [2.45, 2.75) is 20.3 Å². The van der Waals surface area contributed by atoms with Crippen LogP contribution in [0.5, 0.6) is 11.5 Å². The van der Waals surface area contributed by atoms with Crippen molar-refractivity contribution in [2.24, 2.45) is 0 Å². The molecule has 2 aromatic rings. The second kappa shape index (κ2) is 9.63. The third kappa shape index (κ3) is 6.42. The third-order valence-electron chi connectivity index (χ3n) is 2.93. The molecule has 2 rings (SSSR count). The Morgan fingerprint density at radius 3 is 2.40 bits per heavy atom. The predicted molar refractivity (Wildman–Crippen MR) is 94.2 cm³/mol. The Hall–Kier alpha value is -2.61. The fraction of sp³-hybridized carbons (Fsp3) is 0.353. The molecule has 0 aliphatic rings. The standard InChI is InChI=1S/C17H20N2O5S/c1-3-22-13-5-7-14(8-6-13)24-10-15(20)19-17-18-12(11-25-17)9-16(21)23-4-2/h5-8,11H,3-4,9-10H2,1-2H3,(H,18,19,20). The summed E-state index contributed by atoms with van der Waals surface area (Å²) >= 11 is 1.24. The number of hydrogen-bond acceptors (Lipinski definition) is 7. The van der Waals surface area contributed by atoms with Crippen LogP contribution in [0.4, 0.5) is 5.13 Å². The number of carbonyl (C=O) groups excluding carboxylic acids is 2. The minimum Gasteiger partial charge on any atom is -0.494 e. The normalized spacial score (nSPS) is 10.2. The summed E-state index contributed by atoms with van der Waals surface area (Å²) in [6.07, 6.45) is 0.0862. The quantitative estimate of drug-likeness (QED) is 0.689. The Morgan fingerprint density at radius 2 is 1.76 bits per heavy atom. The molecule has 0 aliphatic heterocycles. The van der Waals surface area contributed by atoms with Gasteiger partial charge in [-0.1, -0.05) is 0 Å². The average Bonchev–Trinajstić information content (AvgIpc) is 3.01. The van der Waals surface area contributed by atoms with Crippen molar-refractivity contribution in [3.8, 4) is 11.5 Å². The number of nitrogens with one attached hydrogen (secondary N) is 1. The zero-order chi connectivity index (χ0) is 18.1. The summed E-state index contributed by atoms with van der Waals surface area (Å²) in [5, 5.41) is 4.76. The number of amides is 1. The van der Waals surface area contributed by atoms with E-state index in [-0.39, 0.29) is 24.9 Å². The van der Waals surface area contributed by atoms with Crippen LogP contribution in [-0.2, 0) is 20.7 Å². The van der Waals surface area contributed by atoms with Gasteiger partial charge in [0, 0.05) is 5.38 Å². The minimum atomic E-state index is -0.343. The highest BCUT2D eigenvalue weighted by Gasteiger charge is 2.11. The number of aromatic nitrogens is 1. The first-order chi connectivity index (χ1) is 12.1. The zero-order valence-electron chi connectivity index (χ0n) is 14.1. The largest absolute Gasteiger partial charge is 0.494 e. The summed E-state index contributed by atoms with van der Waals surface area (Å²) in [5.74, 6) is 0.646. The molecule has 1 aromatic heterocycles. The number of esters is 1. The molecule has 1 aromatic carbocycles. The molecule has 0 saturated heterocycles. The highest BCUT2D eigenvalue weighted by Crippen LogP contribution is 2.18. The zero-order valence-corrected chi connectivity index (χ0v) is 14.9. The lowest BCUT2D eigenvalue weighted by molar-refractivity contribution is -0.142. The van der Waals surface area contributed by atoms with E-state index in [2.05, 4.69) is 10.3 Å². The Kier molecular flexibility index (Phi) is 7.21. The van der Waals surface area contributed by atoms with E-state index in [0.717, 1.165) is 5.75 Å².